The minimum absolute atomic E-state index is 0. The lowest BCUT2D eigenvalue weighted by Crippen LogP contribution is -2.52. The van der Waals surface area contributed by atoms with Crippen LogP contribution in [-0.2, 0) is 25.7 Å². The van der Waals surface area contributed by atoms with Crippen molar-refractivity contribution in [2.75, 3.05) is 25.0 Å². The average Bonchev–Trinajstić information content (AvgIpc) is 3.78. The number of hydrogen-bond acceptors (Lipinski definition) is 10. The smallest absolute Gasteiger partial charge is 0.255 e. The fraction of sp³-hybridized carbons (Fsp3) is 0.400. The van der Waals surface area contributed by atoms with E-state index >= 15 is 0 Å². The third-order valence-electron chi connectivity index (χ3n) is 10.5. The predicted molar refractivity (Wildman–Crippen MR) is 221 cm³/mol. The molecular formula is C40H45Cl2N9O5S. The lowest BCUT2D eigenvalue weighted by molar-refractivity contribution is -0.137. The molecule has 5 heterocycles. The zero-order valence-corrected chi connectivity index (χ0v) is 34.3. The van der Waals surface area contributed by atoms with Gasteiger partial charge in [0, 0.05) is 63.8 Å². The predicted octanol–water partition coefficient (Wildman–Crippen LogP) is 5.28. The van der Waals surface area contributed by atoms with Gasteiger partial charge in [-0.3, -0.25) is 38.8 Å². The van der Waals surface area contributed by atoms with E-state index in [0.717, 1.165) is 52.6 Å². The number of benzene rings is 2. The highest BCUT2D eigenvalue weighted by atomic mass is 35.5. The number of piperidine rings is 1. The monoisotopic (exact) mass is 833 g/mol. The van der Waals surface area contributed by atoms with Crippen LogP contribution in [0.15, 0.2) is 47.5 Å². The van der Waals surface area contributed by atoms with Crippen LogP contribution in [0.3, 0.4) is 0 Å². The molecule has 1 fully saturated rings. The summed E-state index contributed by atoms with van der Waals surface area (Å²) >= 11 is 7.89. The van der Waals surface area contributed by atoms with Gasteiger partial charge in [-0.2, -0.15) is 0 Å². The van der Waals surface area contributed by atoms with Crippen molar-refractivity contribution >= 4 is 76.3 Å². The summed E-state index contributed by atoms with van der Waals surface area (Å²) in [5.74, 6) is 0.0138. The number of hydrogen-bond donors (Lipinski definition) is 4. The SMILES string of the molecule is Cc1sc2c(c1C)C(c1ccc(Cl)cc1)=N[C@@H](CC(=O)NCCCNCCCCC(=O)Nc1cccc3c1CN(C1CCC(=O)NC1=O)C3=O)c1nnc(C)n1-2.Cl. The van der Waals surface area contributed by atoms with E-state index in [0.29, 0.717) is 53.6 Å². The normalized spacial score (nSPS) is 17.2. The van der Waals surface area contributed by atoms with Gasteiger partial charge in [0.15, 0.2) is 5.82 Å². The van der Waals surface area contributed by atoms with Gasteiger partial charge in [0.1, 0.15) is 22.9 Å². The summed E-state index contributed by atoms with van der Waals surface area (Å²) < 4.78 is 2.03. The molecule has 300 valence electrons. The second-order valence-electron chi connectivity index (χ2n) is 14.3. The summed E-state index contributed by atoms with van der Waals surface area (Å²) in [5.41, 5.74) is 5.57. The van der Waals surface area contributed by atoms with E-state index in [1.165, 1.54) is 9.78 Å². The Morgan fingerprint density at radius 2 is 1.74 bits per heavy atom. The fourth-order valence-electron chi connectivity index (χ4n) is 7.40. The van der Waals surface area contributed by atoms with Crippen molar-refractivity contribution in [1.82, 2.24) is 35.6 Å². The van der Waals surface area contributed by atoms with Gasteiger partial charge in [0.25, 0.3) is 5.91 Å². The highest BCUT2D eigenvalue weighted by molar-refractivity contribution is 7.15. The van der Waals surface area contributed by atoms with E-state index < -0.39 is 18.0 Å². The van der Waals surface area contributed by atoms with E-state index in [2.05, 4.69) is 45.3 Å². The number of carbonyl (C=O) groups is 5. The number of rotatable bonds is 14. The molecule has 0 radical (unpaired) electrons. The summed E-state index contributed by atoms with van der Waals surface area (Å²) in [6, 6.07) is 11.5. The Morgan fingerprint density at radius 1 is 0.965 bits per heavy atom. The summed E-state index contributed by atoms with van der Waals surface area (Å²) in [5, 5.41) is 22.2. The Labute approximate surface area is 345 Å². The Kier molecular flexibility index (Phi) is 13.2. The topological polar surface area (TPSA) is 180 Å². The van der Waals surface area contributed by atoms with Crippen LogP contribution in [0.2, 0.25) is 5.02 Å². The van der Waals surface area contributed by atoms with E-state index in [1.54, 1.807) is 29.5 Å². The van der Waals surface area contributed by atoms with Gasteiger partial charge in [-0.15, -0.1) is 33.9 Å². The van der Waals surface area contributed by atoms with Crippen LogP contribution in [0, 0.1) is 20.8 Å². The highest BCUT2D eigenvalue weighted by Gasteiger charge is 2.40. The van der Waals surface area contributed by atoms with E-state index in [1.807, 2.05) is 35.8 Å². The van der Waals surface area contributed by atoms with Gasteiger partial charge in [0.05, 0.1) is 12.1 Å². The molecular weight excluding hydrogens is 789 g/mol. The third-order valence-corrected chi connectivity index (χ3v) is 11.9. The van der Waals surface area contributed by atoms with Crippen LogP contribution in [0.1, 0.15) is 100 Å². The first kappa shape index (κ1) is 41.7. The standard InChI is InChI=1S/C40H44ClN9O5S.ClH/c1-22-23(2)56-40-35(22)36(25-11-13-26(41)14-12-25)45-30(37-48-47-24(3)50(37)40)20-34(53)43-19-7-18-42-17-5-4-10-32(51)44-29-9-6-8-27-28(29)21-49(39(27)55)31-15-16-33(52)46-38(31)54;/h6,8-9,11-14,30-31,42H,4-5,7,10,15-21H2,1-3H3,(H,43,53)(H,44,51)(H,46,52,54);1H/t30-,31?;/m0./s1. The zero-order valence-electron chi connectivity index (χ0n) is 31.9. The molecule has 1 unspecified atom stereocenters. The molecule has 57 heavy (non-hydrogen) atoms. The van der Waals surface area contributed by atoms with E-state index in [-0.39, 0.29) is 61.8 Å². The minimum Gasteiger partial charge on any atom is -0.356 e. The van der Waals surface area contributed by atoms with Gasteiger partial charge < -0.3 is 20.9 Å². The van der Waals surface area contributed by atoms with Crippen LogP contribution in [0.25, 0.3) is 5.00 Å². The molecule has 3 aliphatic heterocycles. The van der Waals surface area contributed by atoms with Crippen LogP contribution in [-0.4, -0.2) is 80.6 Å². The second kappa shape index (κ2) is 18.1. The molecule has 0 bridgehead atoms. The maximum Gasteiger partial charge on any atom is 0.255 e. The van der Waals surface area contributed by atoms with Gasteiger partial charge in [-0.1, -0.05) is 29.8 Å². The Balaban J connectivity index is 0.00000549. The molecule has 3 aliphatic rings. The number of unbranched alkanes of at least 4 members (excludes halogenated alkanes) is 1. The Morgan fingerprint density at radius 3 is 2.51 bits per heavy atom. The minimum atomic E-state index is -0.714. The molecule has 2 atom stereocenters. The number of aromatic nitrogens is 3. The largest absolute Gasteiger partial charge is 0.356 e. The van der Waals surface area contributed by atoms with Crippen molar-refractivity contribution in [3.05, 3.63) is 91.8 Å². The first-order chi connectivity index (χ1) is 27.0. The molecule has 5 amide bonds. The quantitative estimate of drug-likeness (QED) is 0.0980. The zero-order chi connectivity index (χ0) is 39.5. The number of anilines is 1. The molecule has 7 rings (SSSR count). The van der Waals surface area contributed by atoms with Crippen LogP contribution in [0.4, 0.5) is 5.69 Å². The second-order valence-corrected chi connectivity index (χ2v) is 15.9. The van der Waals surface area contributed by atoms with Crippen LogP contribution >= 0.6 is 35.3 Å². The summed E-state index contributed by atoms with van der Waals surface area (Å²) in [4.78, 5) is 71.0. The average molecular weight is 835 g/mol. The third kappa shape index (κ3) is 8.96. The van der Waals surface area contributed by atoms with Gasteiger partial charge >= 0.3 is 0 Å². The maximum atomic E-state index is 13.3. The number of imide groups is 1. The van der Waals surface area contributed by atoms with E-state index in [9.17, 15) is 24.0 Å². The fourth-order valence-corrected chi connectivity index (χ4v) is 8.74. The van der Waals surface area contributed by atoms with Crippen LogP contribution < -0.4 is 21.3 Å². The van der Waals surface area contributed by atoms with Gasteiger partial charge in [-0.05, 0) is 89.4 Å². The van der Waals surface area contributed by atoms with Gasteiger partial charge in [-0.25, -0.2) is 0 Å². The number of aliphatic imine (C=N–C) groups is 1. The van der Waals surface area contributed by atoms with Crippen molar-refractivity contribution in [3.63, 3.8) is 0 Å². The molecule has 1 saturated heterocycles. The Hall–Kier alpha value is -4.96. The maximum absolute atomic E-state index is 13.3. The molecule has 17 heteroatoms. The number of carbonyl (C=O) groups excluding carboxylic acids is 5. The molecule has 2 aromatic heterocycles. The summed E-state index contributed by atoms with van der Waals surface area (Å²) in [6.07, 6.45) is 3.08. The molecule has 0 saturated carbocycles. The number of nitrogens with zero attached hydrogens (tertiary/aromatic N) is 5. The van der Waals surface area contributed by atoms with Crippen molar-refractivity contribution in [3.8, 4) is 5.00 Å². The van der Waals surface area contributed by atoms with E-state index in [4.69, 9.17) is 16.6 Å². The highest BCUT2D eigenvalue weighted by Crippen LogP contribution is 2.40. The summed E-state index contributed by atoms with van der Waals surface area (Å²) in [7, 11) is 0. The lowest BCUT2D eigenvalue weighted by Gasteiger charge is -2.29. The first-order valence-electron chi connectivity index (χ1n) is 18.9. The van der Waals surface area contributed by atoms with Crippen molar-refractivity contribution in [2.24, 2.45) is 4.99 Å². The molecule has 4 aromatic rings. The van der Waals surface area contributed by atoms with Gasteiger partial charge in [0.2, 0.25) is 23.6 Å². The number of halogens is 2. The molecule has 0 spiro atoms. The number of nitrogens with one attached hydrogen (secondary N) is 4. The first-order valence-corrected chi connectivity index (χ1v) is 20.1. The number of aryl methyl sites for hydroxylation is 2. The lowest BCUT2D eigenvalue weighted by atomic mass is 9.99. The molecule has 2 aromatic carbocycles. The molecule has 4 N–H and O–H groups in total. The van der Waals surface area contributed by atoms with Crippen molar-refractivity contribution < 1.29 is 24.0 Å². The van der Waals surface area contributed by atoms with Crippen LogP contribution in [0.5, 0.6) is 0 Å². The molecule has 14 nitrogen and oxygen atoms in total. The van der Waals surface area contributed by atoms with Crippen molar-refractivity contribution in [1.29, 1.82) is 0 Å². The summed E-state index contributed by atoms with van der Waals surface area (Å²) in [6.45, 7) is 8.22. The number of fused-ring (bicyclic) bond motifs is 4. The van der Waals surface area contributed by atoms with Crippen molar-refractivity contribution in [2.45, 2.75) is 84.3 Å². The molecule has 0 aliphatic carbocycles. The Bertz CT molecular complexity index is 2240. The number of amides is 5. The number of thiophene rings is 1.